The Bertz CT molecular complexity index is 1150. The van der Waals surface area contributed by atoms with Crippen LogP contribution in [0.15, 0.2) is 78.9 Å². The quantitative estimate of drug-likeness (QED) is 0.350. The molecule has 1 heterocycles. The summed E-state index contributed by atoms with van der Waals surface area (Å²) in [6.07, 6.45) is -9.98. The summed E-state index contributed by atoms with van der Waals surface area (Å²) >= 11 is 0. The minimum Gasteiger partial charge on any atom is -0.373 e. The molecular formula is C27H23F6NO2. The minimum atomic E-state index is -4.92. The lowest BCUT2D eigenvalue weighted by molar-refractivity contribution is -0.143. The molecule has 2 atom stereocenters. The third kappa shape index (κ3) is 6.07. The van der Waals surface area contributed by atoms with Gasteiger partial charge in [-0.1, -0.05) is 48.5 Å². The van der Waals surface area contributed by atoms with Crippen molar-refractivity contribution in [2.45, 2.75) is 37.4 Å². The van der Waals surface area contributed by atoms with Crippen LogP contribution in [-0.2, 0) is 23.7 Å². The molecule has 4 rings (SSSR count). The summed E-state index contributed by atoms with van der Waals surface area (Å²) in [5.74, 6) is -0.455. The predicted molar refractivity (Wildman–Crippen MR) is 121 cm³/mol. The van der Waals surface area contributed by atoms with Crippen molar-refractivity contribution in [3.05, 3.63) is 107 Å². The molecule has 9 heteroatoms. The van der Waals surface area contributed by atoms with Gasteiger partial charge in [0, 0.05) is 24.6 Å². The van der Waals surface area contributed by atoms with Crippen LogP contribution in [0.3, 0.4) is 0 Å². The zero-order valence-corrected chi connectivity index (χ0v) is 19.0. The Morgan fingerprint density at radius 2 is 1.39 bits per heavy atom. The second-order valence-corrected chi connectivity index (χ2v) is 8.69. The van der Waals surface area contributed by atoms with Gasteiger partial charge in [0.25, 0.3) is 5.91 Å². The summed E-state index contributed by atoms with van der Waals surface area (Å²) in [5.41, 5.74) is -1.57. The first kappa shape index (κ1) is 25.8. The van der Waals surface area contributed by atoms with Crippen molar-refractivity contribution in [3.63, 3.8) is 0 Å². The minimum absolute atomic E-state index is 0.101. The van der Waals surface area contributed by atoms with Crippen molar-refractivity contribution >= 4 is 5.91 Å². The SMILES string of the molecule is O=C(c1ccccc1)N1CC[C@@H](OCc2cc(C(F)(F)F)cc(C(F)(F)F)c2)[C@@H](c2ccccc2)C1. The summed E-state index contributed by atoms with van der Waals surface area (Å²) in [6.45, 7) is 0.227. The van der Waals surface area contributed by atoms with E-state index in [0.717, 1.165) is 5.56 Å². The second kappa shape index (κ2) is 10.3. The number of likely N-dealkylation sites (tertiary alicyclic amines) is 1. The molecule has 0 saturated carbocycles. The fourth-order valence-electron chi connectivity index (χ4n) is 4.40. The van der Waals surface area contributed by atoms with Gasteiger partial charge in [-0.3, -0.25) is 4.79 Å². The molecule has 1 aliphatic rings. The van der Waals surface area contributed by atoms with Gasteiger partial charge < -0.3 is 9.64 Å². The number of carbonyl (C=O) groups excluding carboxylic acids is 1. The van der Waals surface area contributed by atoms with Gasteiger partial charge in [-0.05, 0) is 47.9 Å². The summed E-state index contributed by atoms with van der Waals surface area (Å²) in [5, 5.41) is 0. The first-order valence-electron chi connectivity index (χ1n) is 11.3. The molecule has 0 aromatic heterocycles. The molecule has 1 fully saturated rings. The number of hydrogen-bond acceptors (Lipinski definition) is 2. The van der Waals surface area contributed by atoms with Crippen molar-refractivity contribution in [3.8, 4) is 0 Å². The Hall–Kier alpha value is -3.33. The highest BCUT2D eigenvalue weighted by molar-refractivity contribution is 5.94. The van der Waals surface area contributed by atoms with Gasteiger partial charge in [0.05, 0.1) is 23.8 Å². The summed E-state index contributed by atoms with van der Waals surface area (Å²) in [7, 11) is 0. The van der Waals surface area contributed by atoms with Crippen molar-refractivity contribution in [1.29, 1.82) is 0 Å². The van der Waals surface area contributed by atoms with E-state index < -0.39 is 36.2 Å². The molecule has 0 N–H and O–H groups in total. The Kier molecular flexibility index (Phi) is 7.40. The number of piperidine rings is 1. The van der Waals surface area contributed by atoms with Crippen LogP contribution in [0.25, 0.3) is 0 Å². The average Bonchev–Trinajstić information content (AvgIpc) is 2.87. The molecule has 0 radical (unpaired) electrons. The van der Waals surface area contributed by atoms with Crippen molar-refractivity contribution in [2.75, 3.05) is 13.1 Å². The molecule has 36 heavy (non-hydrogen) atoms. The first-order valence-corrected chi connectivity index (χ1v) is 11.3. The molecule has 0 bridgehead atoms. The zero-order chi connectivity index (χ0) is 25.9. The largest absolute Gasteiger partial charge is 0.416 e. The molecule has 0 unspecified atom stereocenters. The van der Waals surface area contributed by atoms with E-state index in [1.165, 1.54) is 0 Å². The average molecular weight is 507 g/mol. The molecule has 1 aliphatic heterocycles. The molecule has 1 saturated heterocycles. The third-order valence-corrected chi connectivity index (χ3v) is 6.20. The number of ether oxygens (including phenoxy) is 1. The molecule has 190 valence electrons. The van der Waals surface area contributed by atoms with Crippen LogP contribution in [0.2, 0.25) is 0 Å². The van der Waals surface area contributed by atoms with Gasteiger partial charge in [0.2, 0.25) is 0 Å². The van der Waals surface area contributed by atoms with Gasteiger partial charge in [-0.2, -0.15) is 26.3 Å². The molecule has 3 aromatic rings. The van der Waals surface area contributed by atoms with E-state index in [9.17, 15) is 31.1 Å². The van der Waals surface area contributed by atoms with Gasteiger partial charge in [0.15, 0.2) is 0 Å². The number of alkyl halides is 6. The molecule has 3 nitrogen and oxygen atoms in total. The standard InChI is InChI=1S/C27H23F6NO2/c28-26(29,30)21-13-18(14-22(15-21)27(31,32)33)17-36-24-11-12-34(25(35)20-9-5-2-6-10-20)16-23(24)19-7-3-1-4-8-19/h1-10,13-15,23-24H,11-12,16-17H2/t23-,24-/m1/s1. The summed E-state index contributed by atoms with van der Waals surface area (Å²) in [6, 6.07) is 19.4. The molecule has 1 amide bonds. The zero-order valence-electron chi connectivity index (χ0n) is 19.0. The highest BCUT2D eigenvalue weighted by Gasteiger charge is 2.38. The topological polar surface area (TPSA) is 29.5 Å². The number of halogens is 6. The Morgan fingerprint density at radius 3 is 1.94 bits per heavy atom. The van der Waals surface area contributed by atoms with E-state index in [1.807, 2.05) is 36.4 Å². The van der Waals surface area contributed by atoms with E-state index in [0.29, 0.717) is 37.2 Å². The van der Waals surface area contributed by atoms with E-state index in [-0.39, 0.29) is 23.5 Å². The Labute approximate surface area is 204 Å². The Balaban J connectivity index is 1.56. The van der Waals surface area contributed by atoms with E-state index in [2.05, 4.69) is 0 Å². The highest BCUT2D eigenvalue weighted by atomic mass is 19.4. The maximum absolute atomic E-state index is 13.2. The van der Waals surface area contributed by atoms with Crippen molar-refractivity contribution < 1.29 is 35.9 Å². The lowest BCUT2D eigenvalue weighted by Gasteiger charge is -2.39. The van der Waals surface area contributed by atoms with Crippen LogP contribution in [0.5, 0.6) is 0 Å². The normalized spacial score (nSPS) is 18.8. The molecule has 0 aliphatic carbocycles. The van der Waals surface area contributed by atoms with Crippen LogP contribution in [0, 0.1) is 0 Å². The monoisotopic (exact) mass is 507 g/mol. The Morgan fingerprint density at radius 1 is 0.833 bits per heavy atom. The van der Waals surface area contributed by atoms with Gasteiger partial charge >= 0.3 is 12.4 Å². The lowest BCUT2D eigenvalue weighted by Crippen LogP contribution is -2.45. The van der Waals surface area contributed by atoms with Crippen LogP contribution in [-0.4, -0.2) is 30.0 Å². The van der Waals surface area contributed by atoms with E-state index in [1.54, 1.807) is 29.2 Å². The maximum atomic E-state index is 13.2. The van der Waals surface area contributed by atoms with Gasteiger partial charge in [-0.15, -0.1) is 0 Å². The maximum Gasteiger partial charge on any atom is 0.416 e. The van der Waals surface area contributed by atoms with E-state index >= 15 is 0 Å². The van der Waals surface area contributed by atoms with Crippen molar-refractivity contribution in [2.24, 2.45) is 0 Å². The number of rotatable bonds is 5. The fraction of sp³-hybridized carbons (Fsp3) is 0.296. The van der Waals surface area contributed by atoms with Crippen LogP contribution in [0.1, 0.15) is 45.0 Å². The fourth-order valence-corrected chi connectivity index (χ4v) is 4.40. The number of benzene rings is 3. The smallest absolute Gasteiger partial charge is 0.373 e. The van der Waals surface area contributed by atoms with Crippen LogP contribution < -0.4 is 0 Å². The van der Waals surface area contributed by atoms with Crippen LogP contribution in [0.4, 0.5) is 26.3 Å². The van der Waals surface area contributed by atoms with Crippen LogP contribution >= 0.6 is 0 Å². The molecule has 0 spiro atoms. The lowest BCUT2D eigenvalue weighted by atomic mass is 9.87. The molecular weight excluding hydrogens is 484 g/mol. The number of carbonyl (C=O) groups is 1. The predicted octanol–water partition coefficient (Wildman–Crippen LogP) is 6.94. The number of nitrogens with zero attached hydrogens (tertiary/aromatic N) is 1. The van der Waals surface area contributed by atoms with Gasteiger partial charge in [0.1, 0.15) is 0 Å². The first-order chi connectivity index (χ1) is 17.0. The molecule has 3 aromatic carbocycles. The summed E-state index contributed by atoms with van der Waals surface area (Å²) in [4.78, 5) is 14.7. The third-order valence-electron chi connectivity index (χ3n) is 6.20. The van der Waals surface area contributed by atoms with E-state index in [4.69, 9.17) is 4.74 Å². The number of hydrogen-bond donors (Lipinski definition) is 0. The van der Waals surface area contributed by atoms with Crippen molar-refractivity contribution in [1.82, 2.24) is 4.90 Å². The number of amides is 1. The summed E-state index contributed by atoms with van der Waals surface area (Å²) < 4.78 is 85.3. The second-order valence-electron chi connectivity index (χ2n) is 8.69. The van der Waals surface area contributed by atoms with Gasteiger partial charge in [-0.25, -0.2) is 0 Å². The highest BCUT2D eigenvalue weighted by Crippen LogP contribution is 2.37.